The summed E-state index contributed by atoms with van der Waals surface area (Å²) >= 11 is 0. The van der Waals surface area contributed by atoms with Crippen molar-refractivity contribution in [2.24, 2.45) is 4.99 Å². The topological polar surface area (TPSA) is 63.5 Å². The van der Waals surface area contributed by atoms with E-state index in [-0.39, 0.29) is 6.10 Å². The highest BCUT2D eigenvalue weighted by Gasteiger charge is 2.06. The fourth-order valence-electron chi connectivity index (χ4n) is 2.38. The summed E-state index contributed by atoms with van der Waals surface area (Å²) in [4.78, 5) is 4.62. The first-order chi connectivity index (χ1) is 12.2. The summed E-state index contributed by atoms with van der Waals surface area (Å²) in [5, 5.41) is 10.8. The van der Waals surface area contributed by atoms with Gasteiger partial charge in [-0.1, -0.05) is 18.2 Å². The van der Waals surface area contributed by atoms with Crippen LogP contribution in [0.25, 0.3) is 0 Å². The zero-order chi connectivity index (χ0) is 17.9. The van der Waals surface area contributed by atoms with Crippen molar-refractivity contribution in [1.29, 1.82) is 0 Å². The number of guanidine groups is 1. The van der Waals surface area contributed by atoms with Gasteiger partial charge in [0.2, 0.25) is 0 Å². The Morgan fingerprint density at radius 3 is 2.84 bits per heavy atom. The smallest absolute Gasteiger partial charge is 0.191 e. The molecule has 1 heterocycles. The number of nitrogens with one attached hydrogen (secondary N) is 2. The predicted molar refractivity (Wildman–Crippen MR) is 102 cm³/mol. The Hall–Kier alpha value is -2.50. The molecule has 25 heavy (non-hydrogen) atoms. The minimum absolute atomic E-state index is 0.0145. The van der Waals surface area contributed by atoms with Gasteiger partial charge < -0.3 is 15.4 Å². The van der Waals surface area contributed by atoms with E-state index in [2.05, 4.69) is 40.6 Å². The number of hydrogen-bond acceptors (Lipinski definition) is 3. The molecule has 2 N–H and O–H groups in total. The number of para-hydroxylation sites is 1. The van der Waals surface area contributed by atoms with Crippen LogP contribution in [0, 0.1) is 6.92 Å². The van der Waals surface area contributed by atoms with Crippen LogP contribution >= 0.6 is 0 Å². The Labute approximate surface area is 150 Å². The van der Waals surface area contributed by atoms with Gasteiger partial charge in [0.15, 0.2) is 5.96 Å². The monoisotopic (exact) mass is 343 g/mol. The normalized spacial score (nSPS) is 12.7. The van der Waals surface area contributed by atoms with Gasteiger partial charge in [-0.25, -0.2) is 4.99 Å². The maximum absolute atomic E-state index is 5.97. The molecule has 6 heteroatoms. The molecule has 1 atom stereocenters. The first-order valence-corrected chi connectivity index (χ1v) is 8.91. The lowest BCUT2D eigenvalue weighted by atomic mass is 10.2. The highest BCUT2D eigenvalue weighted by Crippen LogP contribution is 2.17. The third-order valence-electron chi connectivity index (χ3n) is 3.69. The van der Waals surface area contributed by atoms with Crippen LogP contribution in [-0.2, 0) is 6.54 Å². The molecule has 0 amide bonds. The molecule has 0 saturated carbocycles. The summed E-state index contributed by atoms with van der Waals surface area (Å²) in [5.41, 5.74) is 1.14. The van der Waals surface area contributed by atoms with E-state index in [0.29, 0.717) is 6.54 Å². The summed E-state index contributed by atoms with van der Waals surface area (Å²) in [6, 6.07) is 9.99. The van der Waals surface area contributed by atoms with Crippen LogP contribution in [0.3, 0.4) is 0 Å². The Morgan fingerprint density at radius 2 is 2.12 bits per heavy atom. The van der Waals surface area contributed by atoms with Gasteiger partial charge in [0.05, 0.1) is 6.54 Å². The lowest BCUT2D eigenvalue weighted by molar-refractivity contribution is 0.228. The largest absolute Gasteiger partial charge is 0.489 e. The van der Waals surface area contributed by atoms with Crippen molar-refractivity contribution in [1.82, 2.24) is 20.4 Å². The van der Waals surface area contributed by atoms with Crippen molar-refractivity contribution >= 4 is 5.96 Å². The minimum atomic E-state index is 0.0145. The second kappa shape index (κ2) is 10.4. The Balaban J connectivity index is 1.76. The molecule has 2 aromatic rings. The lowest BCUT2D eigenvalue weighted by Gasteiger charge is -2.16. The number of aromatic nitrogens is 2. The number of rotatable bonds is 9. The van der Waals surface area contributed by atoms with Crippen LogP contribution < -0.4 is 15.4 Å². The van der Waals surface area contributed by atoms with Gasteiger partial charge in [0.25, 0.3) is 0 Å². The van der Waals surface area contributed by atoms with Crippen molar-refractivity contribution < 1.29 is 4.74 Å². The number of hydrogen-bond donors (Lipinski definition) is 2. The molecule has 1 aromatic heterocycles. The van der Waals surface area contributed by atoms with E-state index in [1.165, 1.54) is 0 Å². The molecule has 0 spiro atoms. The van der Waals surface area contributed by atoms with E-state index < -0.39 is 0 Å². The Bertz CT molecular complexity index is 639. The zero-order valence-corrected chi connectivity index (χ0v) is 15.4. The molecular formula is C19H29N5O. The van der Waals surface area contributed by atoms with E-state index in [9.17, 15) is 0 Å². The highest BCUT2D eigenvalue weighted by molar-refractivity contribution is 5.79. The average molecular weight is 343 g/mol. The number of aryl methyl sites for hydroxylation is 2. The SMILES string of the molecule is CCNC(=NCC(C)Oc1ccccc1C)NCCCn1cccn1. The Morgan fingerprint density at radius 1 is 1.28 bits per heavy atom. The summed E-state index contributed by atoms with van der Waals surface area (Å²) in [7, 11) is 0. The fourth-order valence-corrected chi connectivity index (χ4v) is 2.38. The molecule has 136 valence electrons. The van der Waals surface area contributed by atoms with Crippen LogP contribution in [0.5, 0.6) is 5.75 Å². The molecule has 6 nitrogen and oxygen atoms in total. The van der Waals surface area contributed by atoms with Gasteiger partial charge in [-0.15, -0.1) is 0 Å². The van der Waals surface area contributed by atoms with Crippen LogP contribution in [0.1, 0.15) is 25.8 Å². The predicted octanol–water partition coefficient (Wildman–Crippen LogP) is 2.60. The lowest BCUT2D eigenvalue weighted by Crippen LogP contribution is -2.38. The maximum Gasteiger partial charge on any atom is 0.191 e. The van der Waals surface area contributed by atoms with Crippen LogP contribution in [0.15, 0.2) is 47.7 Å². The van der Waals surface area contributed by atoms with Crippen molar-refractivity contribution in [2.75, 3.05) is 19.6 Å². The second-order valence-electron chi connectivity index (χ2n) is 5.96. The molecule has 1 unspecified atom stereocenters. The van der Waals surface area contributed by atoms with Crippen molar-refractivity contribution in [3.05, 3.63) is 48.3 Å². The van der Waals surface area contributed by atoms with E-state index in [1.54, 1.807) is 6.20 Å². The molecule has 0 aliphatic carbocycles. The van der Waals surface area contributed by atoms with Gasteiger partial charge in [0, 0.05) is 32.0 Å². The first kappa shape index (κ1) is 18.8. The number of aliphatic imine (C=N–C) groups is 1. The van der Waals surface area contributed by atoms with Gasteiger partial charge in [-0.3, -0.25) is 4.68 Å². The molecule has 0 aliphatic heterocycles. The van der Waals surface area contributed by atoms with Gasteiger partial charge in [0.1, 0.15) is 11.9 Å². The van der Waals surface area contributed by atoms with E-state index in [1.807, 2.05) is 42.1 Å². The molecule has 0 saturated heterocycles. The van der Waals surface area contributed by atoms with Crippen molar-refractivity contribution in [2.45, 2.75) is 39.8 Å². The zero-order valence-electron chi connectivity index (χ0n) is 15.4. The summed E-state index contributed by atoms with van der Waals surface area (Å²) in [5.74, 6) is 1.74. The van der Waals surface area contributed by atoms with Crippen LogP contribution in [0.2, 0.25) is 0 Å². The molecule has 0 radical (unpaired) electrons. The number of ether oxygens (including phenoxy) is 1. The van der Waals surface area contributed by atoms with E-state index >= 15 is 0 Å². The molecular weight excluding hydrogens is 314 g/mol. The van der Waals surface area contributed by atoms with Gasteiger partial charge >= 0.3 is 0 Å². The highest BCUT2D eigenvalue weighted by atomic mass is 16.5. The van der Waals surface area contributed by atoms with Crippen molar-refractivity contribution in [3.63, 3.8) is 0 Å². The standard InChI is InChI=1S/C19H29N5O/c1-4-20-19(21-11-7-13-24-14-8-12-23-24)22-15-17(3)25-18-10-6-5-9-16(18)2/h5-6,8-10,12,14,17H,4,7,11,13,15H2,1-3H3,(H2,20,21,22). The molecule has 2 rings (SSSR count). The number of nitrogens with zero attached hydrogens (tertiary/aromatic N) is 3. The van der Waals surface area contributed by atoms with Gasteiger partial charge in [-0.2, -0.15) is 5.10 Å². The summed E-state index contributed by atoms with van der Waals surface area (Å²) < 4.78 is 7.91. The van der Waals surface area contributed by atoms with Crippen LogP contribution in [0.4, 0.5) is 0 Å². The first-order valence-electron chi connectivity index (χ1n) is 8.91. The average Bonchev–Trinajstić information content (AvgIpc) is 3.12. The quantitative estimate of drug-likeness (QED) is 0.417. The Kier molecular flexibility index (Phi) is 7.82. The third-order valence-corrected chi connectivity index (χ3v) is 3.69. The van der Waals surface area contributed by atoms with E-state index in [4.69, 9.17) is 4.74 Å². The fraction of sp³-hybridized carbons (Fsp3) is 0.474. The van der Waals surface area contributed by atoms with E-state index in [0.717, 1.165) is 43.3 Å². The second-order valence-corrected chi connectivity index (χ2v) is 5.96. The minimum Gasteiger partial charge on any atom is -0.489 e. The maximum atomic E-state index is 5.97. The molecule has 1 aromatic carbocycles. The van der Waals surface area contributed by atoms with Crippen molar-refractivity contribution in [3.8, 4) is 5.75 Å². The van der Waals surface area contributed by atoms with Gasteiger partial charge in [-0.05, 0) is 44.9 Å². The summed E-state index contributed by atoms with van der Waals surface area (Å²) in [6.45, 7) is 9.33. The molecule has 0 aliphatic rings. The molecule has 0 bridgehead atoms. The molecule has 0 fully saturated rings. The third kappa shape index (κ3) is 6.87. The summed E-state index contributed by atoms with van der Waals surface area (Å²) in [6.07, 6.45) is 4.78. The van der Waals surface area contributed by atoms with Crippen LogP contribution in [-0.4, -0.2) is 41.5 Å². The number of benzene rings is 1.